The van der Waals surface area contributed by atoms with Crippen molar-refractivity contribution in [3.63, 3.8) is 0 Å². The van der Waals surface area contributed by atoms with E-state index in [1.165, 1.54) is 0 Å². The van der Waals surface area contributed by atoms with E-state index in [-0.39, 0.29) is 24.4 Å². The second-order valence-corrected chi connectivity index (χ2v) is 6.02. The quantitative estimate of drug-likeness (QED) is 0.845. The second kappa shape index (κ2) is 8.28. The van der Waals surface area contributed by atoms with Gasteiger partial charge in [-0.3, -0.25) is 9.59 Å². The fourth-order valence-electron chi connectivity index (χ4n) is 2.38. The maximum absolute atomic E-state index is 12.1. The highest BCUT2D eigenvalue weighted by Crippen LogP contribution is 2.25. The predicted molar refractivity (Wildman–Crippen MR) is 96.6 cm³/mol. The van der Waals surface area contributed by atoms with Crippen molar-refractivity contribution in [1.29, 1.82) is 0 Å². The summed E-state index contributed by atoms with van der Waals surface area (Å²) in [4.78, 5) is 27.9. The normalized spacial score (nSPS) is 10.4. The minimum absolute atomic E-state index is 0.0414. The van der Waals surface area contributed by atoms with Crippen molar-refractivity contribution >= 4 is 11.8 Å². The number of benzene rings is 1. The van der Waals surface area contributed by atoms with E-state index in [2.05, 4.69) is 15.6 Å². The molecule has 0 unspecified atom stereocenters. The summed E-state index contributed by atoms with van der Waals surface area (Å²) in [7, 11) is 1.58. The molecule has 132 valence electrons. The zero-order valence-electron chi connectivity index (χ0n) is 14.9. The summed E-state index contributed by atoms with van der Waals surface area (Å²) < 4.78 is 5.11. The highest BCUT2D eigenvalue weighted by Gasteiger charge is 2.10. The lowest BCUT2D eigenvalue weighted by Gasteiger charge is -2.10. The zero-order valence-corrected chi connectivity index (χ0v) is 14.9. The molecule has 0 aliphatic carbocycles. The van der Waals surface area contributed by atoms with Crippen LogP contribution in [0, 0.1) is 6.92 Å². The molecule has 6 heteroatoms. The van der Waals surface area contributed by atoms with Gasteiger partial charge in [0.05, 0.1) is 13.7 Å². The van der Waals surface area contributed by atoms with Crippen molar-refractivity contribution in [2.45, 2.75) is 26.8 Å². The van der Waals surface area contributed by atoms with Crippen molar-refractivity contribution in [2.75, 3.05) is 13.7 Å². The van der Waals surface area contributed by atoms with Gasteiger partial charge in [0.15, 0.2) is 0 Å². The third-order valence-electron chi connectivity index (χ3n) is 3.61. The number of nitrogens with zero attached hydrogens (tertiary/aromatic N) is 1. The van der Waals surface area contributed by atoms with Gasteiger partial charge in [-0.05, 0) is 44.0 Å². The van der Waals surface area contributed by atoms with E-state index < -0.39 is 0 Å². The zero-order chi connectivity index (χ0) is 18.4. The van der Waals surface area contributed by atoms with Crippen molar-refractivity contribution in [3.05, 3.63) is 47.7 Å². The Morgan fingerprint density at radius 1 is 1.20 bits per heavy atom. The lowest BCUT2D eigenvalue weighted by molar-refractivity contribution is -0.120. The van der Waals surface area contributed by atoms with E-state index in [1.54, 1.807) is 25.4 Å². The summed E-state index contributed by atoms with van der Waals surface area (Å²) in [5, 5.41) is 5.33. The van der Waals surface area contributed by atoms with Crippen LogP contribution in [0.5, 0.6) is 5.88 Å². The van der Waals surface area contributed by atoms with Crippen LogP contribution in [-0.4, -0.2) is 36.5 Å². The molecule has 2 amide bonds. The number of aryl methyl sites for hydroxylation is 1. The molecule has 0 radical (unpaired) electrons. The first kappa shape index (κ1) is 18.4. The highest BCUT2D eigenvalue weighted by molar-refractivity contribution is 5.96. The number of carbonyl (C=O) groups excluding carboxylic acids is 2. The molecule has 1 aromatic carbocycles. The van der Waals surface area contributed by atoms with Crippen LogP contribution in [0.2, 0.25) is 0 Å². The Kier molecular flexibility index (Phi) is 6.11. The Morgan fingerprint density at radius 2 is 1.88 bits per heavy atom. The Balaban J connectivity index is 2.04. The van der Waals surface area contributed by atoms with Gasteiger partial charge in [0.2, 0.25) is 11.8 Å². The Bertz CT molecular complexity index is 755. The maximum atomic E-state index is 12.1. The van der Waals surface area contributed by atoms with Crippen LogP contribution in [-0.2, 0) is 4.79 Å². The van der Waals surface area contributed by atoms with E-state index in [4.69, 9.17) is 4.74 Å². The molecule has 0 bridgehead atoms. The topological polar surface area (TPSA) is 80.3 Å². The van der Waals surface area contributed by atoms with Gasteiger partial charge in [-0.25, -0.2) is 4.98 Å². The summed E-state index contributed by atoms with van der Waals surface area (Å²) in [6.45, 7) is 5.68. The van der Waals surface area contributed by atoms with Crippen molar-refractivity contribution in [3.8, 4) is 17.0 Å². The molecule has 2 rings (SSSR count). The summed E-state index contributed by atoms with van der Waals surface area (Å²) in [5.74, 6) is 0.0758. The minimum atomic E-state index is -0.282. The van der Waals surface area contributed by atoms with Gasteiger partial charge < -0.3 is 15.4 Å². The fraction of sp³-hybridized carbons (Fsp3) is 0.316. The molecule has 0 fully saturated rings. The van der Waals surface area contributed by atoms with Gasteiger partial charge in [-0.1, -0.05) is 12.1 Å². The molecule has 0 saturated carbocycles. The smallest absolute Gasteiger partial charge is 0.251 e. The average Bonchev–Trinajstić information content (AvgIpc) is 2.59. The van der Waals surface area contributed by atoms with E-state index in [0.29, 0.717) is 11.4 Å². The molecular formula is C19H23N3O3. The molecular weight excluding hydrogens is 318 g/mol. The number of hydrogen-bond acceptors (Lipinski definition) is 4. The molecule has 25 heavy (non-hydrogen) atoms. The van der Waals surface area contributed by atoms with E-state index in [1.807, 2.05) is 39.0 Å². The molecule has 2 aromatic rings. The fourth-order valence-corrected chi connectivity index (χ4v) is 2.38. The van der Waals surface area contributed by atoms with Gasteiger partial charge in [-0.15, -0.1) is 0 Å². The van der Waals surface area contributed by atoms with E-state index in [0.717, 1.165) is 16.7 Å². The van der Waals surface area contributed by atoms with Crippen LogP contribution in [0.25, 0.3) is 11.1 Å². The van der Waals surface area contributed by atoms with E-state index in [9.17, 15) is 9.59 Å². The van der Waals surface area contributed by atoms with Crippen molar-refractivity contribution in [2.24, 2.45) is 0 Å². The number of hydrogen-bond donors (Lipinski definition) is 2. The Hall–Kier alpha value is -2.89. The molecule has 1 heterocycles. The molecule has 0 aliphatic heterocycles. The monoisotopic (exact) mass is 341 g/mol. The first-order valence-corrected chi connectivity index (χ1v) is 8.09. The number of aromatic nitrogens is 1. The molecule has 0 spiro atoms. The Morgan fingerprint density at radius 3 is 2.44 bits per heavy atom. The van der Waals surface area contributed by atoms with Crippen molar-refractivity contribution < 1.29 is 14.3 Å². The number of nitrogens with one attached hydrogen (secondary N) is 2. The maximum Gasteiger partial charge on any atom is 0.251 e. The molecule has 2 N–H and O–H groups in total. The van der Waals surface area contributed by atoms with Gasteiger partial charge in [0.1, 0.15) is 0 Å². The SMILES string of the molecule is COc1cc(C)c(-c2ccc(C(=O)NCC(=O)NC(C)C)cc2)cn1. The predicted octanol–water partition coefficient (Wildman–Crippen LogP) is 2.32. The van der Waals surface area contributed by atoms with Gasteiger partial charge in [0.25, 0.3) is 5.91 Å². The van der Waals surface area contributed by atoms with Crippen LogP contribution in [0.3, 0.4) is 0 Å². The molecule has 0 saturated heterocycles. The Labute approximate surface area is 147 Å². The van der Waals surface area contributed by atoms with Crippen LogP contribution >= 0.6 is 0 Å². The molecule has 1 aromatic heterocycles. The number of ether oxygens (including phenoxy) is 1. The van der Waals surface area contributed by atoms with Crippen molar-refractivity contribution in [1.82, 2.24) is 15.6 Å². The van der Waals surface area contributed by atoms with Gasteiger partial charge >= 0.3 is 0 Å². The highest BCUT2D eigenvalue weighted by atomic mass is 16.5. The standard InChI is InChI=1S/C19H23N3O3/c1-12(2)22-17(23)11-21-19(24)15-7-5-14(6-8-15)16-10-20-18(25-4)9-13(16)3/h5-10,12H,11H2,1-4H3,(H,21,24)(H,22,23). The van der Waals surface area contributed by atoms with Gasteiger partial charge in [-0.2, -0.15) is 0 Å². The average molecular weight is 341 g/mol. The molecule has 0 atom stereocenters. The third-order valence-corrected chi connectivity index (χ3v) is 3.61. The summed E-state index contributed by atoms with van der Waals surface area (Å²) in [5.41, 5.74) is 3.47. The number of methoxy groups -OCH3 is 1. The summed E-state index contributed by atoms with van der Waals surface area (Å²) in [6, 6.07) is 9.09. The first-order chi connectivity index (χ1) is 11.9. The third kappa shape index (κ3) is 5.04. The largest absolute Gasteiger partial charge is 0.481 e. The number of rotatable bonds is 6. The molecule has 6 nitrogen and oxygen atoms in total. The lowest BCUT2D eigenvalue weighted by Crippen LogP contribution is -2.39. The van der Waals surface area contributed by atoms with Crippen LogP contribution < -0.4 is 15.4 Å². The number of amides is 2. The summed E-state index contributed by atoms with van der Waals surface area (Å²) >= 11 is 0. The van der Waals surface area contributed by atoms with Crippen LogP contribution in [0.4, 0.5) is 0 Å². The molecule has 0 aliphatic rings. The lowest BCUT2D eigenvalue weighted by atomic mass is 10.0. The second-order valence-electron chi connectivity index (χ2n) is 6.02. The van der Waals surface area contributed by atoms with Crippen LogP contribution in [0.15, 0.2) is 36.5 Å². The summed E-state index contributed by atoms with van der Waals surface area (Å²) in [6.07, 6.45) is 1.75. The van der Waals surface area contributed by atoms with Gasteiger partial charge in [0, 0.05) is 29.4 Å². The minimum Gasteiger partial charge on any atom is -0.481 e. The van der Waals surface area contributed by atoms with Crippen LogP contribution in [0.1, 0.15) is 29.8 Å². The number of pyridine rings is 1. The van der Waals surface area contributed by atoms with E-state index >= 15 is 0 Å². The number of carbonyl (C=O) groups is 2. The first-order valence-electron chi connectivity index (χ1n) is 8.09.